The van der Waals surface area contributed by atoms with E-state index in [1.807, 2.05) is 72.8 Å². The van der Waals surface area contributed by atoms with E-state index in [0.717, 1.165) is 48.2 Å². The highest BCUT2D eigenvalue weighted by molar-refractivity contribution is 5.27. The van der Waals surface area contributed by atoms with Crippen molar-refractivity contribution >= 4 is 11.9 Å². The van der Waals surface area contributed by atoms with E-state index < -0.39 is 0 Å². The molecule has 2 heterocycles. The third-order valence-corrected chi connectivity index (χ3v) is 7.62. The summed E-state index contributed by atoms with van der Waals surface area (Å²) in [7, 11) is 0. The summed E-state index contributed by atoms with van der Waals surface area (Å²) in [6.45, 7) is 0.952. The van der Waals surface area contributed by atoms with Crippen LogP contribution in [0, 0.1) is 0 Å². The first kappa shape index (κ1) is 32.7. The number of ether oxygens (including phenoxy) is 2. The summed E-state index contributed by atoms with van der Waals surface area (Å²) in [4.78, 5) is 17.2. The Morgan fingerprint density at radius 3 is 1.14 bits per heavy atom. The summed E-state index contributed by atoms with van der Waals surface area (Å²) in [5, 5.41) is 0. The standard InChI is InChI=1S/C36H48N6O2/c37-35-39-31(25-33(41-35)43-27-29-19-13-11-14-20-29)23-17-9-7-5-3-1-2-4-6-8-10-18-24-32-26-34(42-36(38)40-32)44-28-30-21-15-12-16-22-30/h11-16,19-22,25-26H,1-10,17-18,23-24,27-28H2,(H2,37,39,41)(H2,38,40,42). The highest BCUT2D eigenvalue weighted by Gasteiger charge is 2.06. The van der Waals surface area contributed by atoms with Gasteiger partial charge in [-0.2, -0.15) is 9.97 Å². The van der Waals surface area contributed by atoms with Crippen LogP contribution in [0.4, 0.5) is 11.9 Å². The Morgan fingerprint density at radius 2 is 0.773 bits per heavy atom. The molecule has 0 aliphatic rings. The molecule has 234 valence electrons. The van der Waals surface area contributed by atoms with Gasteiger partial charge >= 0.3 is 0 Å². The SMILES string of the molecule is Nc1nc(CCCCCCCCCCCCCCc2cc(OCc3ccccc3)nc(N)n2)cc(OCc2ccccc2)n1. The van der Waals surface area contributed by atoms with Gasteiger partial charge in [0.1, 0.15) is 13.2 Å². The number of rotatable bonds is 21. The van der Waals surface area contributed by atoms with Gasteiger partial charge in [0.05, 0.1) is 0 Å². The molecule has 8 heteroatoms. The Bertz CT molecular complexity index is 1250. The van der Waals surface area contributed by atoms with Gasteiger partial charge in [-0.25, -0.2) is 9.97 Å². The van der Waals surface area contributed by atoms with Crippen molar-refractivity contribution in [3.8, 4) is 11.8 Å². The zero-order valence-corrected chi connectivity index (χ0v) is 26.0. The van der Waals surface area contributed by atoms with Crippen molar-refractivity contribution in [1.29, 1.82) is 0 Å². The summed E-state index contributed by atoms with van der Waals surface area (Å²) in [5.74, 6) is 1.65. The fourth-order valence-electron chi connectivity index (χ4n) is 5.23. The first-order chi connectivity index (χ1) is 21.6. The van der Waals surface area contributed by atoms with Crippen LogP contribution in [0.25, 0.3) is 0 Å². The van der Waals surface area contributed by atoms with Crippen molar-refractivity contribution in [2.45, 2.75) is 103 Å². The van der Waals surface area contributed by atoms with E-state index in [-0.39, 0.29) is 11.9 Å². The molecule has 0 amide bonds. The Hall–Kier alpha value is -4.20. The maximum atomic E-state index is 5.92. The van der Waals surface area contributed by atoms with Crippen LogP contribution in [0.3, 0.4) is 0 Å². The van der Waals surface area contributed by atoms with Gasteiger partial charge in [-0.1, -0.05) is 125 Å². The van der Waals surface area contributed by atoms with Gasteiger partial charge < -0.3 is 20.9 Å². The number of hydrogen-bond donors (Lipinski definition) is 2. The van der Waals surface area contributed by atoms with Crippen LogP contribution in [0.1, 0.15) is 99.6 Å². The molecule has 0 saturated heterocycles. The van der Waals surface area contributed by atoms with Crippen LogP contribution >= 0.6 is 0 Å². The van der Waals surface area contributed by atoms with E-state index in [4.69, 9.17) is 20.9 Å². The van der Waals surface area contributed by atoms with Crippen molar-refractivity contribution in [2.24, 2.45) is 0 Å². The third-order valence-electron chi connectivity index (χ3n) is 7.62. The zero-order valence-electron chi connectivity index (χ0n) is 26.0. The second kappa shape index (κ2) is 19.2. The van der Waals surface area contributed by atoms with E-state index >= 15 is 0 Å². The Labute approximate surface area is 262 Å². The lowest BCUT2D eigenvalue weighted by atomic mass is 10.0. The predicted octanol–water partition coefficient (Wildman–Crippen LogP) is 8.06. The van der Waals surface area contributed by atoms with Gasteiger partial charge in [0, 0.05) is 23.5 Å². The molecule has 0 aliphatic carbocycles. The summed E-state index contributed by atoms with van der Waals surface area (Å²) in [5.41, 5.74) is 16.0. The normalized spacial score (nSPS) is 11.0. The molecular weight excluding hydrogens is 548 g/mol. The largest absolute Gasteiger partial charge is 0.473 e. The van der Waals surface area contributed by atoms with Crippen molar-refractivity contribution in [2.75, 3.05) is 11.5 Å². The van der Waals surface area contributed by atoms with Gasteiger partial charge in [0.2, 0.25) is 23.7 Å². The fourth-order valence-corrected chi connectivity index (χ4v) is 5.23. The molecular formula is C36H48N6O2. The first-order valence-electron chi connectivity index (χ1n) is 16.2. The van der Waals surface area contributed by atoms with Crippen molar-refractivity contribution < 1.29 is 9.47 Å². The Kier molecular flexibility index (Phi) is 14.2. The lowest BCUT2D eigenvalue weighted by molar-refractivity contribution is 0.293. The van der Waals surface area contributed by atoms with E-state index in [2.05, 4.69) is 19.9 Å². The zero-order chi connectivity index (χ0) is 30.7. The van der Waals surface area contributed by atoms with Crippen molar-refractivity contribution in [3.63, 3.8) is 0 Å². The molecule has 4 rings (SSSR count). The molecule has 2 aromatic carbocycles. The predicted molar refractivity (Wildman–Crippen MR) is 177 cm³/mol. The van der Waals surface area contributed by atoms with Crippen molar-refractivity contribution in [1.82, 2.24) is 19.9 Å². The van der Waals surface area contributed by atoms with E-state index in [0.29, 0.717) is 25.0 Å². The topological polar surface area (TPSA) is 122 Å². The Balaban J connectivity index is 0.969. The van der Waals surface area contributed by atoms with Crippen LogP contribution in [-0.4, -0.2) is 19.9 Å². The minimum absolute atomic E-state index is 0.278. The number of unbranched alkanes of at least 4 members (excludes halogenated alkanes) is 11. The summed E-state index contributed by atoms with van der Waals surface area (Å²) in [6, 6.07) is 24.0. The molecule has 0 spiro atoms. The highest BCUT2D eigenvalue weighted by atomic mass is 16.5. The van der Waals surface area contributed by atoms with Gasteiger partial charge in [0.15, 0.2) is 0 Å². The fraction of sp³-hybridized carbons (Fsp3) is 0.444. The molecule has 0 saturated carbocycles. The van der Waals surface area contributed by atoms with Crippen LogP contribution in [0.15, 0.2) is 72.8 Å². The maximum absolute atomic E-state index is 5.92. The highest BCUT2D eigenvalue weighted by Crippen LogP contribution is 2.18. The smallest absolute Gasteiger partial charge is 0.223 e. The lowest BCUT2D eigenvalue weighted by Gasteiger charge is -2.08. The molecule has 44 heavy (non-hydrogen) atoms. The third kappa shape index (κ3) is 13.0. The van der Waals surface area contributed by atoms with Crippen LogP contribution < -0.4 is 20.9 Å². The first-order valence-corrected chi connectivity index (χ1v) is 16.2. The molecule has 0 aliphatic heterocycles. The number of aryl methyl sites for hydroxylation is 2. The molecule has 0 fully saturated rings. The second-order valence-electron chi connectivity index (χ2n) is 11.4. The van der Waals surface area contributed by atoms with Gasteiger partial charge in [-0.05, 0) is 36.8 Å². The van der Waals surface area contributed by atoms with Crippen LogP contribution in [-0.2, 0) is 26.1 Å². The number of hydrogen-bond acceptors (Lipinski definition) is 8. The molecule has 4 N–H and O–H groups in total. The van der Waals surface area contributed by atoms with Crippen LogP contribution in [0.2, 0.25) is 0 Å². The maximum Gasteiger partial charge on any atom is 0.223 e. The lowest BCUT2D eigenvalue weighted by Crippen LogP contribution is -2.04. The number of nitrogens with two attached hydrogens (primary N) is 2. The average Bonchev–Trinajstić information content (AvgIpc) is 3.03. The Morgan fingerprint density at radius 1 is 0.432 bits per heavy atom. The van der Waals surface area contributed by atoms with Crippen LogP contribution in [0.5, 0.6) is 11.8 Å². The number of nitrogens with zero attached hydrogens (tertiary/aromatic N) is 4. The summed E-state index contributed by atoms with van der Waals surface area (Å²) < 4.78 is 11.7. The van der Waals surface area contributed by atoms with Gasteiger partial charge in [-0.3, -0.25) is 0 Å². The summed E-state index contributed by atoms with van der Waals surface area (Å²) in [6.07, 6.45) is 16.9. The molecule has 0 atom stereocenters. The van der Waals surface area contributed by atoms with Crippen molar-refractivity contribution in [3.05, 3.63) is 95.3 Å². The monoisotopic (exact) mass is 596 g/mol. The number of nitrogen functional groups attached to an aromatic ring is 2. The quantitative estimate of drug-likeness (QED) is 0.0926. The number of anilines is 2. The number of benzene rings is 2. The minimum atomic E-state index is 0.278. The van der Waals surface area contributed by atoms with Gasteiger partial charge in [-0.15, -0.1) is 0 Å². The summed E-state index contributed by atoms with van der Waals surface area (Å²) >= 11 is 0. The van der Waals surface area contributed by atoms with E-state index in [1.165, 1.54) is 64.2 Å². The minimum Gasteiger partial charge on any atom is -0.473 e. The van der Waals surface area contributed by atoms with E-state index in [9.17, 15) is 0 Å². The van der Waals surface area contributed by atoms with Gasteiger partial charge in [0.25, 0.3) is 0 Å². The number of aromatic nitrogens is 4. The second-order valence-corrected chi connectivity index (χ2v) is 11.4. The molecule has 0 radical (unpaired) electrons. The molecule has 0 unspecified atom stereocenters. The molecule has 8 nitrogen and oxygen atoms in total. The molecule has 2 aromatic heterocycles. The molecule has 4 aromatic rings. The molecule has 0 bridgehead atoms. The van der Waals surface area contributed by atoms with E-state index in [1.54, 1.807) is 0 Å². The average molecular weight is 597 g/mol.